The normalized spacial score (nSPS) is 15.2. The fourth-order valence-corrected chi connectivity index (χ4v) is 4.30. The number of carbonyl (C=O) groups excluding carboxylic acids is 1. The Morgan fingerprint density at radius 2 is 1.69 bits per heavy atom. The maximum Gasteiger partial charge on any atom is 0.291 e. The van der Waals surface area contributed by atoms with Crippen molar-refractivity contribution in [1.29, 1.82) is 0 Å². The molecule has 5 nitrogen and oxygen atoms in total. The lowest BCUT2D eigenvalue weighted by atomic mass is 9.98. The Balaban J connectivity index is 1.67. The largest absolute Gasteiger partial charge is 0.494 e. The Labute approximate surface area is 189 Å². The summed E-state index contributed by atoms with van der Waals surface area (Å²) in [6.45, 7) is 2.79. The zero-order valence-corrected chi connectivity index (χ0v) is 18.1. The molecule has 1 amide bonds. The van der Waals surface area contributed by atoms with Gasteiger partial charge in [0.05, 0.1) is 23.6 Å². The molecule has 4 aromatic rings. The lowest BCUT2D eigenvalue weighted by molar-refractivity contribution is 0.0714. The highest BCUT2D eigenvalue weighted by atomic mass is 35.5. The molecule has 0 radical (unpaired) electrons. The first-order chi connectivity index (χ1) is 15.6. The van der Waals surface area contributed by atoms with Crippen LogP contribution in [0.1, 0.15) is 40.2 Å². The molecule has 32 heavy (non-hydrogen) atoms. The second kappa shape index (κ2) is 8.17. The molecule has 1 aromatic heterocycles. The van der Waals surface area contributed by atoms with Gasteiger partial charge >= 0.3 is 0 Å². The van der Waals surface area contributed by atoms with E-state index in [-0.39, 0.29) is 17.1 Å². The molecule has 5 rings (SSSR count). The summed E-state index contributed by atoms with van der Waals surface area (Å²) >= 11 is 6.03. The Hall–Kier alpha value is -3.57. The van der Waals surface area contributed by atoms with E-state index in [2.05, 4.69) is 0 Å². The number of carbonyl (C=O) groups is 1. The van der Waals surface area contributed by atoms with Crippen LogP contribution < -0.4 is 10.2 Å². The van der Waals surface area contributed by atoms with Crippen LogP contribution in [0.3, 0.4) is 0 Å². The standard InChI is InChI=1S/C26H20ClNO4/c1-2-31-19-13-9-17(10-14-19)23-22-24(29)20-5-3-4-6-21(20)32-25(22)26(30)28(23)15-16-7-11-18(27)12-8-16/h3-14,23H,2,15H2,1H3. The van der Waals surface area contributed by atoms with Gasteiger partial charge in [0.15, 0.2) is 5.43 Å². The number of hydrogen-bond donors (Lipinski definition) is 0. The Morgan fingerprint density at radius 1 is 0.969 bits per heavy atom. The summed E-state index contributed by atoms with van der Waals surface area (Å²) < 4.78 is 11.5. The molecule has 6 heteroatoms. The Kier molecular flexibility index (Phi) is 5.19. The Bertz CT molecular complexity index is 1360. The molecule has 0 fully saturated rings. The smallest absolute Gasteiger partial charge is 0.291 e. The third-order valence-corrected chi connectivity index (χ3v) is 5.90. The summed E-state index contributed by atoms with van der Waals surface area (Å²) in [5.74, 6) is 0.522. The lowest BCUT2D eigenvalue weighted by Crippen LogP contribution is -2.29. The molecule has 2 heterocycles. The molecule has 0 saturated carbocycles. The monoisotopic (exact) mass is 445 g/mol. The van der Waals surface area contributed by atoms with Gasteiger partial charge in [0.1, 0.15) is 11.3 Å². The minimum Gasteiger partial charge on any atom is -0.494 e. The van der Waals surface area contributed by atoms with Crippen molar-refractivity contribution in [3.8, 4) is 5.75 Å². The summed E-state index contributed by atoms with van der Waals surface area (Å²) in [5.41, 5.74) is 2.31. The van der Waals surface area contributed by atoms with Gasteiger partial charge in [0.2, 0.25) is 5.76 Å². The van der Waals surface area contributed by atoms with Crippen LogP contribution in [0, 0.1) is 0 Å². The van der Waals surface area contributed by atoms with Gasteiger partial charge in [-0.3, -0.25) is 9.59 Å². The van der Waals surface area contributed by atoms with E-state index in [0.717, 1.165) is 16.9 Å². The first-order valence-electron chi connectivity index (χ1n) is 10.4. The number of para-hydroxylation sites is 1. The van der Waals surface area contributed by atoms with Crippen molar-refractivity contribution >= 4 is 28.5 Å². The molecule has 0 spiro atoms. The van der Waals surface area contributed by atoms with Crippen LogP contribution in [0.25, 0.3) is 11.0 Å². The van der Waals surface area contributed by atoms with Crippen molar-refractivity contribution in [2.45, 2.75) is 19.5 Å². The fourth-order valence-electron chi connectivity index (χ4n) is 4.18. The van der Waals surface area contributed by atoms with E-state index in [1.54, 1.807) is 41.3 Å². The van der Waals surface area contributed by atoms with E-state index in [9.17, 15) is 9.59 Å². The minimum atomic E-state index is -0.565. The number of ether oxygens (including phenoxy) is 1. The number of amides is 1. The first-order valence-corrected chi connectivity index (χ1v) is 10.8. The van der Waals surface area contributed by atoms with E-state index >= 15 is 0 Å². The van der Waals surface area contributed by atoms with Crippen LogP contribution in [0.2, 0.25) is 5.02 Å². The maximum absolute atomic E-state index is 13.5. The van der Waals surface area contributed by atoms with E-state index in [1.807, 2.05) is 43.3 Å². The lowest BCUT2D eigenvalue weighted by Gasteiger charge is -2.25. The van der Waals surface area contributed by atoms with Crippen molar-refractivity contribution in [3.63, 3.8) is 0 Å². The van der Waals surface area contributed by atoms with Gasteiger partial charge in [-0.05, 0) is 54.4 Å². The summed E-state index contributed by atoms with van der Waals surface area (Å²) in [6.07, 6.45) is 0. The molecule has 1 aliphatic rings. The van der Waals surface area contributed by atoms with E-state index in [0.29, 0.717) is 34.7 Å². The quantitative estimate of drug-likeness (QED) is 0.401. The van der Waals surface area contributed by atoms with Gasteiger partial charge in [-0.2, -0.15) is 0 Å². The maximum atomic E-state index is 13.5. The summed E-state index contributed by atoms with van der Waals surface area (Å²) in [5, 5.41) is 1.08. The number of fused-ring (bicyclic) bond motifs is 2. The van der Waals surface area contributed by atoms with Crippen molar-refractivity contribution in [2.24, 2.45) is 0 Å². The van der Waals surface area contributed by atoms with Crippen LogP contribution in [-0.2, 0) is 6.54 Å². The zero-order valence-electron chi connectivity index (χ0n) is 17.4. The van der Waals surface area contributed by atoms with Gasteiger partial charge in [-0.15, -0.1) is 0 Å². The third-order valence-electron chi connectivity index (χ3n) is 5.65. The van der Waals surface area contributed by atoms with Gasteiger partial charge in [0.25, 0.3) is 5.91 Å². The summed E-state index contributed by atoms with van der Waals surface area (Å²) in [4.78, 5) is 28.6. The molecular weight excluding hydrogens is 426 g/mol. The van der Waals surface area contributed by atoms with Crippen molar-refractivity contribution < 1.29 is 13.9 Å². The molecule has 0 bridgehead atoms. The number of hydrogen-bond acceptors (Lipinski definition) is 4. The molecule has 1 aliphatic heterocycles. The first kappa shape index (κ1) is 20.3. The van der Waals surface area contributed by atoms with Gasteiger partial charge in [-0.1, -0.05) is 48.0 Å². The van der Waals surface area contributed by atoms with Crippen molar-refractivity contribution in [3.05, 3.63) is 110 Å². The highest BCUT2D eigenvalue weighted by Gasteiger charge is 2.42. The summed E-state index contributed by atoms with van der Waals surface area (Å²) in [7, 11) is 0. The van der Waals surface area contributed by atoms with Gasteiger partial charge in [0, 0.05) is 11.6 Å². The summed E-state index contributed by atoms with van der Waals surface area (Å²) in [6, 6.07) is 21.2. The average Bonchev–Trinajstić information content (AvgIpc) is 3.08. The molecule has 0 aliphatic carbocycles. The SMILES string of the molecule is CCOc1ccc(C2c3c(oc4ccccc4c3=O)C(=O)N2Cc2ccc(Cl)cc2)cc1. The number of nitrogens with zero attached hydrogens (tertiary/aromatic N) is 1. The van der Waals surface area contributed by atoms with Gasteiger partial charge < -0.3 is 14.1 Å². The number of halogens is 1. The highest BCUT2D eigenvalue weighted by Crippen LogP contribution is 2.39. The van der Waals surface area contributed by atoms with E-state index in [4.69, 9.17) is 20.8 Å². The van der Waals surface area contributed by atoms with Crippen LogP contribution in [0.15, 0.2) is 82.0 Å². The van der Waals surface area contributed by atoms with Crippen molar-refractivity contribution in [2.75, 3.05) is 6.61 Å². The zero-order chi connectivity index (χ0) is 22.2. The molecule has 1 atom stereocenters. The van der Waals surface area contributed by atoms with Crippen LogP contribution >= 0.6 is 11.6 Å². The molecule has 160 valence electrons. The van der Waals surface area contributed by atoms with E-state index < -0.39 is 6.04 Å². The third kappa shape index (κ3) is 3.45. The minimum absolute atomic E-state index is 0.0987. The second-order valence-corrected chi connectivity index (χ2v) is 8.07. The van der Waals surface area contributed by atoms with Crippen LogP contribution in [-0.4, -0.2) is 17.4 Å². The van der Waals surface area contributed by atoms with Crippen LogP contribution in [0.5, 0.6) is 5.75 Å². The molecule has 3 aromatic carbocycles. The predicted octanol–water partition coefficient (Wildman–Crippen LogP) is 5.59. The molecule has 1 unspecified atom stereocenters. The van der Waals surface area contributed by atoms with Crippen LogP contribution in [0.4, 0.5) is 0 Å². The highest BCUT2D eigenvalue weighted by molar-refractivity contribution is 6.30. The molecular formula is C26H20ClNO4. The van der Waals surface area contributed by atoms with E-state index in [1.165, 1.54) is 0 Å². The number of benzene rings is 3. The fraction of sp³-hybridized carbons (Fsp3) is 0.154. The van der Waals surface area contributed by atoms with Crippen molar-refractivity contribution in [1.82, 2.24) is 4.90 Å². The number of rotatable bonds is 5. The predicted molar refractivity (Wildman–Crippen MR) is 123 cm³/mol. The topological polar surface area (TPSA) is 59.8 Å². The Morgan fingerprint density at radius 3 is 2.41 bits per heavy atom. The molecule has 0 N–H and O–H groups in total. The average molecular weight is 446 g/mol. The molecule has 0 saturated heterocycles. The second-order valence-electron chi connectivity index (χ2n) is 7.63. The van der Waals surface area contributed by atoms with Gasteiger partial charge in [-0.25, -0.2) is 0 Å².